The standard InChI is InChI=1S/C14H16ClN3O/c1-9-17-14(10-4-3-5-11(15)6-10)8-16-7-12(14)13(19)18(9)2/h3-6,12,16-17H,1,7-8H2,2H3/t12-,14+/m0/s1. The van der Waals surface area contributed by atoms with Crippen LogP contribution in [0.2, 0.25) is 5.02 Å². The SMILES string of the molecule is C=C1N[C@@]2(c3cccc(Cl)c3)CNC[C@H]2C(=O)N1C. The molecule has 0 aliphatic carbocycles. The third-order valence-corrected chi connectivity index (χ3v) is 4.32. The van der Waals surface area contributed by atoms with E-state index in [1.165, 1.54) is 0 Å². The smallest absolute Gasteiger partial charge is 0.234 e. The fourth-order valence-electron chi connectivity index (χ4n) is 2.99. The van der Waals surface area contributed by atoms with Crippen LogP contribution in [0.4, 0.5) is 0 Å². The molecule has 0 saturated carbocycles. The molecule has 2 fully saturated rings. The van der Waals surface area contributed by atoms with Crippen molar-refractivity contribution in [2.45, 2.75) is 5.54 Å². The molecule has 5 heteroatoms. The first-order chi connectivity index (χ1) is 9.04. The molecule has 0 aromatic heterocycles. The van der Waals surface area contributed by atoms with Crippen LogP contribution in [0.15, 0.2) is 36.7 Å². The molecule has 2 saturated heterocycles. The van der Waals surface area contributed by atoms with Crippen LogP contribution in [0.5, 0.6) is 0 Å². The third-order valence-electron chi connectivity index (χ3n) is 4.09. The van der Waals surface area contributed by atoms with Gasteiger partial charge in [-0.2, -0.15) is 0 Å². The van der Waals surface area contributed by atoms with E-state index in [-0.39, 0.29) is 11.8 Å². The molecular formula is C14H16ClN3O. The van der Waals surface area contributed by atoms with Crippen molar-refractivity contribution in [1.82, 2.24) is 15.5 Å². The molecule has 19 heavy (non-hydrogen) atoms. The van der Waals surface area contributed by atoms with E-state index in [1.54, 1.807) is 11.9 Å². The zero-order valence-electron chi connectivity index (χ0n) is 10.7. The van der Waals surface area contributed by atoms with E-state index < -0.39 is 5.54 Å². The van der Waals surface area contributed by atoms with Gasteiger partial charge in [-0.3, -0.25) is 4.79 Å². The Morgan fingerprint density at radius 2 is 2.32 bits per heavy atom. The third kappa shape index (κ3) is 1.75. The summed E-state index contributed by atoms with van der Waals surface area (Å²) in [4.78, 5) is 14.0. The summed E-state index contributed by atoms with van der Waals surface area (Å²) < 4.78 is 0. The van der Waals surface area contributed by atoms with Crippen LogP contribution in [0.1, 0.15) is 5.56 Å². The molecule has 100 valence electrons. The van der Waals surface area contributed by atoms with Crippen LogP contribution >= 0.6 is 11.6 Å². The number of carbonyl (C=O) groups excluding carboxylic acids is 1. The Morgan fingerprint density at radius 3 is 3.05 bits per heavy atom. The Bertz CT molecular complexity index is 559. The molecule has 1 amide bonds. The first-order valence-electron chi connectivity index (χ1n) is 6.26. The van der Waals surface area contributed by atoms with Gasteiger partial charge in [0.05, 0.1) is 11.5 Å². The van der Waals surface area contributed by atoms with Crippen molar-refractivity contribution in [3.63, 3.8) is 0 Å². The summed E-state index contributed by atoms with van der Waals surface area (Å²) in [6, 6.07) is 7.67. The average molecular weight is 278 g/mol. The number of benzene rings is 1. The van der Waals surface area contributed by atoms with E-state index >= 15 is 0 Å². The van der Waals surface area contributed by atoms with Gasteiger partial charge < -0.3 is 15.5 Å². The van der Waals surface area contributed by atoms with Gasteiger partial charge in [0.2, 0.25) is 5.91 Å². The topological polar surface area (TPSA) is 44.4 Å². The number of halogens is 1. The maximum absolute atomic E-state index is 12.4. The molecule has 0 unspecified atom stereocenters. The summed E-state index contributed by atoms with van der Waals surface area (Å²) in [7, 11) is 1.75. The van der Waals surface area contributed by atoms with Gasteiger partial charge in [0.25, 0.3) is 0 Å². The molecule has 2 aliphatic heterocycles. The Morgan fingerprint density at radius 1 is 1.53 bits per heavy atom. The van der Waals surface area contributed by atoms with Gasteiger partial charge in [-0.25, -0.2) is 0 Å². The van der Waals surface area contributed by atoms with Gasteiger partial charge in [-0.05, 0) is 17.7 Å². The second-order valence-corrected chi connectivity index (χ2v) is 5.57. The van der Waals surface area contributed by atoms with Gasteiger partial charge in [0.1, 0.15) is 5.82 Å². The van der Waals surface area contributed by atoms with Crippen LogP contribution in [0.25, 0.3) is 0 Å². The van der Waals surface area contributed by atoms with Crippen molar-refractivity contribution >= 4 is 17.5 Å². The normalized spacial score (nSPS) is 30.2. The van der Waals surface area contributed by atoms with Gasteiger partial charge in [0.15, 0.2) is 0 Å². The maximum atomic E-state index is 12.4. The molecule has 1 aromatic rings. The molecule has 1 aromatic carbocycles. The molecule has 0 radical (unpaired) electrons. The largest absolute Gasteiger partial charge is 0.360 e. The highest BCUT2D eigenvalue weighted by Gasteiger charge is 2.52. The average Bonchev–Trinajstić information content (AvgIpc) is 2.81. The Balaban J connectivity index is 2.10. The number of carbonyl (C=O) groups is 1. The lowest BCUT2D eigenvalue weighted by Crippen LogP contribution is -2.60. The van der Waals surface area contributed by atoms with Crippen LogP contribution in [0, 0.1) is 5.92 Å². The fraction of sp³-hybridized carbons (Fsp3) is 0.357. The fourth-order valence-corrected chi connectivity index (χ4v) is 3.18. The lowest BCUT2D eigenvalue weighted by atomic mass is 9.78. The predicted molar refractivity (Wildman–Crippen MR) is 74.5 cm³/mol. The highest BCUT2D eigenvalue weighted by molar-refractivity contribution is 6.30. The van der Waals surface area contributed by atoms with Crippen molar-refractivity contribution in [3.05, 3.63) is 47.3 Å². The number of nitrogens with one attached hydrogen (secondary N) is 2. The summed E-state index contributed by atoms with van der Waals surface area (Å²) in [5.41, 5.74) is 0.587. The molecule has 2 N–H and O–H groups in total. The van der Waals surface area contributed by atoms with Crippen molar-refractivity contribution < 1.29 is 4.79 Å². The van der Waals surface area contributed by atoms with E-state index in [2.05, 4.69) is 17.2 Å². The minimum atomic E-state index is -0.439. The van der Waals surface area contributed by atoms with Crippen molar-refractivity contribution in [1.29, 1.82) is 0 Å². The van der Waals surface area contributed by atoms with E-state index in [4.69, 9.17) is 11.6 Å². The predicted octanol–water partition coefficient (Wildman–Crippen LogP) is 1.29. The Hall–Kier alpha value is -1.52. The lowest BCUT2D eigenvalue weighted by molar-refractivity contribution is -0.137. The van der Waals surface area contributed by atoms with Crippen LogP contribution in [-0.2, 0) is 10.3 Å². The van der Waals surface area contributed by atoms with Crippen molar-refractivity contribution in [3.8, 4) is 0 Å². The van der Waals surface area contributed by atoms with Gasteiger partial charge in [-0.1, -0.05) is 30.3 Å². The van der Waals surface area contributed by atoms with E-state index in [0.717, 1.165) is 5.56 Å². The first-order valence-corrected chi connectivity index (χ1v) is 6.64. The second-order valence-electron chi connectivity index (χ2n) is 5.13. The maximum Gasteiger partial charge on any atom is 0.234 e. The minimum absolute atomic E-state index is 0.0914. The second kappa shape index (κ2) is 4.25. The minimum Gasteiger partial charge on any atom is -0.360 e. The van der Waals surface area contributed by atoms with E-state index in [9.17, 15) is 4.79 Å². The molecule has 4 nitrogen and oxygen atoms in total. The molecule has 2 atom stereocenters. The van der Waals surface area contributed by atoms with E-state index in [0.29, 0.717) is 23.9 Å². The molecule has 3 rings (SSSR count). The molecule has 2 heterocycles. The summed E-state index contributed by atoms with van der Waals surface area (Å²) >= 11 is 6.09. The molecule has 0 spiro atoms. The highest BCUT2D eigenvalue weighted by Crippen LogP contribution is 2.39. The number of rotatable bonds is 1. The van der Waals surface area contributed by atoms with Crippen molar-refractivity contribution in [2.24, 2.45) is 5.92 Å². The summed E-state index contributed by atoms with van der Waals surface area (Å²) in [5, 5.41) is 7.38. The van der Waals surface area contributed by atoms with Gasteiger partial charge in [-0.15, -0.1) is 0 Å². The van der Waals surface area contributed by atoms with Gasteiger partial charge in [0, 0.05) is 25.2 Å². The number of nitrogens with zero attached hydrogens (tertiary/aromatic N) is 1. The van der Waals surface area contributed by atoms with Crippen LogP contribution in [-0.4, -0.2) is 30.9 Å². The van der Waals surface area contributed by atoms with Gasteiger partial charge >= 0.3 is 0 Å². The Labute approximate surface area is 117 Å². The number of fused-ring (bicyclic) bond motifs is 1. The van der Waals surface area contributed by atoms with E-state index in [1.807, 2.05) is 24.3 Å². The lowest BCUT2D eigenvalue weighted by Gasteiger charge is -2.44. The first kappa shape index (κ1) is 12.5. The van der Waals surface area contributed by atoms with Crippen molar-refractivity contribution in [2.75, 3.05) is 20.1 Å². The molecular weight excluding hydrogens is 262 g/mol. The summed E-state index contributed by atoms with van der Waals surface area (Å²) in [5.74, 6) is 0.583. The zero-order valence-corrected chi connectivity index (χ0v) is 11.5. The number of hydrogen-bond acceptors (Lipinski definition) is 3. The monoisotopic (exact) mass is 277 g/mol. The Kier molecular flexibility index (Phi) is 2.80. The zero-order chi connectivity index (χ0) is 13.6. The molecule has 0 bridgehead atoms. The highest BCUT2D eigenvalue weighted by atomic mass is 35.5. The number of hydrogen-bond donors (Lipinski definition) is 2. The summed E-state index contributed by atoms with van der Waals surface area (Å²) in [6.07, 6.45) is 0. The number of amides is 1. The van der Waals surface area contributed by atoms with Crippen LogP contribution in [0.3, 0.4) is 0 Å². The van der Waals surface area contributed by atoms with Crippen LogP contribution < -0.4 is 10.6 Å². The molecule has 2 aliphatic rings. The summed E-state index contributed by atoms with van der Waals surface area (Å²) in [6.45, 7) is 5.29. The quantitative estimate of drug-likeness (QED) is 0.813.